The Morgan fingerprint density at radius 2 is 2.09 bits per heavy atom. The molecule has 6 nitrogen and oxygen atoms in total. The van der Waals surface area contributed by atoms with Gasteiger partial charge in [0.15, 0.2) is 5.76 Å². The monoisotopic (exact) mass is 520 g/mol. The van der Waals surface area contributed by atoms with E-state index in [0.717, 1.165) is 17.5 Å². The molecule has 0 aliphatic carbocycles. The van der Waals surface area contributed by atoms with Gasteiger partial charge in [-0.2, -0.15) is 0 Å². The summed E-state index contributed by atoms with van der Waals surface area (Å²) in [6.07, 6.45) is 2.83. The van der Waals surface area contributed by atoms with Crippen LogP contribution in [-0.2, 0) is 16.0 Å². The summed E-state index contributed by atoms with van der Waals surface area (Å²) in [7, 11) is 0. The molecule has 1 unspecified atom stereocenters. The van der Waals surface area contributed by atoms with Gasteiger partial charge in [-0.3, -0.25) is 9.59 Å². The molecule has 4 rings (SSSR count). The van der Waals surface area contributed by atoms with E-state index in [1.807, 2.05) is 29.3 Å². The quantitative estimate of drug-likeness (QED) is 0.340. The molecule has 0 bridgehead atoms. The lowest BCUT2D eigenvalue weighted by molar-refractivity contribution is -0.134. The molecule has 2 aromatic heterocycles. The summed E-state index contributed by atoms with van der Waals surface area (Å²) < 4.78 is 10.7. The summed E-state index contributed by atoms with van der Waals surface area (Å²) >= 11 is 14.4. The molecular formula is C25H26Cl2N2O4S. The van der Waals surface area contributed by atoms with Crippen LogP contribution in [0.4, 0.5) is 0 Å². The van der Waals surface area contributed by atoms with E-state index in [2.05, 4.69) is 0 Å². The zero-order chi connectivity index (χ0) is 24.1. The molecule has 3 heterocycles. The van der Waals surface area contributed by atoms with E-state index in [1.54, 1.807) is 35.6 Å². The van der Waals surface area contributed by atoms with Crippen LogP contribution in [-0.4, -0.2) is 54.5 Å². The van der Waals surface area contributed by atoms with Crippen molar-refractivity contribution in [1.29, 1.82) is 0 Å². The average Bonchev–Trinajstić information content (AvgIpc) is 3.52. The number of rotatable bonds is 9. The SMILES string of the molecule is CCOCCCN(CC(=O)N1CCc2sccc2C1c1ccc(Cl)cc1Cl)C(=O)c1ccco1. The Hall–Kier alpha value is -2.32. The largest absolute Gasteiger partial charge is 0.459 e. The Bertz CT molecular complexity index is 1130. The van der Waals surface area contributed by atoms with Crippen molar-refractivity contribution in [3.8, 4) is 0 Å². The van der Waals surface area contributed by atoms with Crippen molar-refractivity contribution in [3.63, 3.8) is 0 Å². The first kappa shape index (κ1) is 24.8. The molecule has 0 spiro atoms. The van der Waals surface area contributed by atoms with Crippen molar-refractivity contribution in [1.82, 2.24) is 9.80 Å². The number of hydrogen-bond acceptors (Lipinski definition) is 5. The molecule has 0 radical (unpaired) electrons. The van der Waals surface area contributed by atoms with Crippen LogP contribution in [0.1, 0.15) is 45.9 Å². The number of carbonyl (C=O) groups is 2. The summed E-state index contributed by atoms with van der Waals surface area (Å²) in [5, 5.41) is 3.09. The first-order chi connectivity index (χ1) is 16.5. The summed E-state index contributed by atoms with van der Waals surface area (Å²) in [6, 6.07) is 10.3. The fourth-order valence-electron chi connectivity index (χ4n) is 4.21. The van der Waals surface area contributed by atoms with Gasteiger partial charge in [-0.25, -0.2) is 0 Å². The number of furan rings is 1. The fraction of sp³-hybridized carbons (Fsp3) is 0.360. The molecule has 0 N–H and O–H groups in total. The van der Waals surface area contributed by atoms with Crippen LogP contribution < -0.4 is 0 Å². The van der Waals surface area contributed by atoms with E-state index < -0.39 is 0 Å². The van der Waals surface area contributed by atoms with Gasteiger partial charge < -0.3 is 19.0 Å². The molecule has 9 heteroatoms. The molecule has 180 valence electrons. The molecule has 1 aliphatic heterocycles. The number of hydrogen-bond donors (Lipinski definition) is 0. The summed E-state index contributed by atoms with van der Waals surface area (Å²) in [4.78, 5) is 31.3. The van der Waals surface area contributed by atoms with Gasteiger partial charge in [0.2, 0.25) is 5.91 Å². The smallest absolute Gasteiger partial charge is 0.290 e. The van der Waals surface area contributed by atoms with Gasteiger partial charge in [-0.05, 0) is 66.6 Å². The summed E-state index contributed by atoms with van der Waals surface area (Å²) in [6.45, 7) is 3.90. The first-order valence-electron chi connectivity index (χ1n) is 11.2. The van der Waals surface area contributed by atoms with Crippen molar-refractivity contribution in [2.24, 2.45) is 0 Å². The third-order valence-corrected chi connectivity index (χ3v) is 7.37. The summed E-state index contributed by atoms with van der Waals surface area (Å²) in [5.74, 6) is -0.256. The number of amides is 2. The van der Waals surface area contributed by atoms with Crippen LogP contribution in [0.5, 0.6) is 0 Å². The highest BCUT2D eigenvalue weighted by Crippen LogP contribution is 2.41. The standard InChI is InChI=1S/C25H26Cl2N2O4S/c1-2-32-12-4-10-28(25(31)21-5-3-13-33-21)16-23(30)29-11-8-22-19(9-14-34-22)24(29)18-7-6-17(26)15-20(18)27/h3,5-7,9,13-15,24H,2,4,8,10-12,16H2,1H3. The Kier molecular flexibility index (Phi) is 8.32. The normalized spacial score (nSPS) is 15.3. The number of thiophene rings is 1. The minimum absolute atomic E-state index is 0.0627. The Labute approximate surface area is 213 Å². The molecule has 2 amide bonds. The van der Waals surface area contributed by atoms with Crippen molar-refractivity contribution in [2.45, 2.75) is 25.8 Å². The number of carbonyl (C=O) groups excluding carboxylic acids is 2. The second kappa shape index (κ2) is 11.4. The molecule has 0 fully saturated rings. The third kappa shape index (κ3) is 5.49. The second-order valence-corrected chi connectivity index (χ2v) is 9.80. The number of benzene rings is 1. The molecular weight excluding hydrogens is 495 g/mol. The lowest BCUT2D eigenvalue weighted by Crippen LogP contribution is -2.47. The van der Waals surface area contributed by atoms with Crippen molar-refractivity contribution >= 4 is 46.4 Å². The Balaban J connectivity index is 1.59. The highest BCUT2D eigenvalue weighted by molar-refractivity contribution is 7.10. The summed E-state index contributed by atoms with van der Waals surface area (Å²) in [5.41, 5.74) is 1.88. The van der Waals surface area contributed by atoms with E-state index in [4.69, 9.17) is 32.4 Å². The van der Waals surface area contributed by atoms with E-state index in [1.165, 1.54) is 16.0 Å². The Morgan fingerprint density at radius 3 is 2.82 bits per heavy atom. The number of fused-ring (bicyclic) bond motifs is 1. The van der Waals surface area contributed by atoms with E-state index in [-0.39, 0.29) is 30.2 Å². The van der Waals surface area contributed by atoms with E-state index >= 15 is 0 Å². The topological polar surface area (TPSA) is 63.0 Å². The van der Waals surface area contributed by atoms with Crippen LogP contribution in [0.15, 0.2) is 52.5 Å². The van der Waals surface area contributed by atoms with Crippen molar-refractivity contribution in [2.75, 3.05) is 32.8 Å². The Morgan fingerprint density at radius 1 is 1.24 bits per heavy atom. The zero-order valence-electron chi connectivity index (χ0n) is 18.8. The molecule has 1 atom stereocenters. The van der Waals surface area contributed by atoms with Gasteiger partial charge in [-0.1, -0.05) is 29.3 Å². The van der Waals surface area contributed by atoms with E-state index in [9.17, 15) is 9.59 Å². The third-order valence-electron chi connectivity index (χ3n) is 5.81. The van der Waals surface area contributed by atoms with E-state index in [0.29, 0.717) is 42.8 Å². The molecule has 1 aromatic carbocycles. The van der Waals surface area contributed by atoms with Crippen LogP contribution in [0.2, 0.25) is 10.0 Å². The predicted molar refractivity (Wildman–Crippen MR) is 134 cm³/mol. The van der Waals surface area contributed by atoms with Crippen LogP contribution in [0.3, 0.4) is 0 Å². The lowest BCUT2D eigenvalue weighted by Gasteiger charge is -2.38. The van der Waals surface area contributed by atoms with Gasteiger partial charge in [0, 0.05) is 41.2 Å². The van der Waals surface area contributed by atoms with Gasteiger partial charge >= 0.3 is 0 Å². The molecule has 3 aromatic rings. The van der Waals surface area contributed by atoms with Gasteiger partial charge in [-0.15, -0.1) is 11.3 Å². The number of nitrogens with zero attached hydrogens (tertiary/aromatic N) is 2. The maximum absolute atomic E-state index is 13.7. The zero-order valence-corrected chi connectivity index (χ0v) is 21.2. The molecule has 34 heavy (non-hydrogen) atoms. The highest BCUT2D eigenvalue weighted by Gasteiger charge is 2.35. The lowest BCUT2D eigenvalue weighted by atomic mass is 9.93. The van der Waals surface area contributed by atoms with Gasteiger partial charge in [0.05, 0.1) is 12.3 Å². The minimum Gasteiger partial charge on any atom is -0.459 e. The van der Waals surface area contributed by atoms with Gasteiger partial charge in [0.1, 0.15) is 6.54 Å². The van der Waals surface area contributed by atoms with Crippen LogP contribution >= 0.6 is 34.5 Å². The van der Waals surface area contributed by atoms with Crippen LogP contribution in [0.25, 0.3) is 0 Å². The minimum atomic E-state index is -0.337. The maximum Gasteiger partial charge on any atom is 0.290 e. The molecule has 0 saturated heterocycles. The first-order valence-corrected chi connectivity index (χ1v) is 12.8. The predicted octanol–water partition coefficient (Wildman–Crippen LogP) is 5.69. The van der Waals surface area contributed by atoms with Gasteiger partial charge in [0.25, 0.3) is 5.91 Å². The second-order valence-electron chi connectivity index (χ2n) is 7.96. The highest BCUT2D eigenvalue weighted by atomic mass is 35.5. The molecule has 1 aliphatic rings. The molecule has 0 saturated carbocycles. The average molecular weight is 521 g/mol. The van der Waals surface area contributed by atoms with Crippen LogP contribution in [0, 0.1) is 0 Å². The van der Waals surface area contributed by atoms with Crippen molar-refractivity contribution in [3.05, 3.63) is 79.9 Å². The van der Waals surface area contributed by atoms with Crippen molar-refractivity contribution < 1.29 is 18.7 Å². The number of ether oxygens (including phenoxy) is 1. The maximum atomic E-state index is 13.7. The fourth-order valence-corrected chi connectivity index (χ4v) is 5.62. The number of halogens is 2.